The van der Waals surface area contributed by atoms with Crippen LogP contribution in [0.5, 0.6) is 0 Å². The number of amides is 1. The van der Waals surface area contributed by atoms with Crippen LogP contribution in [0.1, 0.15) is 5.76 Å². The van der Waals surface area contributed by atoms with Crippen molar-refractivity contribution in [2.24, 2.45) is 5.73 Å². The largest absolute Gasteiger partial charge is 0.452 e. The van der Waals surface area contributed by atoms with Gasteiger partial charge in [-0.1, -0.05) is 0 Å². The van der Waals surface area contributed by atoms with Crippen molar-refractivity contribution in [1.82, 2.24) is 4.90 Å². The van der Waals surface area contributed by atoms with E-state index in [9.17, 15) is 4.79 Å². The second-order valence-electron chi connectivity index (χ2n) is 3.46. The first kappa shape index (κ1) is 13.2. The minimum atomic E-state index is -0.631. The van der Waals surface area contributed by atoms with Crippen LogP contribution >= 0.6 is 15.9 Å². The van der Waals surface area contributed by atoms with E-state index in [0.29, 0.717) is 17.0 Å². The van der Waals surface area contributed by atoms with Gasteiger partial charge >= 0.3 is 0 Å². The molecule has 1 rings (SSSR count). The molecule has 1 unspecified atom stereocenters. The first-order valence-corrected chi connectivity index (χ1v) is 5.57. The molecule has 0 aliphatic carbocycles. The Bertz CT molecular complexity index is 354. The van der Waals surface area contributed by atoms with Gasteiger partial charge in [-0.3, -0.25) is 4.79 Å². The van der Waals surface area contributed by atoms with Crippen molar-refractivity contribution in [3.8, 4) is 0 Å². The number of hydrogen-bond donors (Lipinski definition) is 1. The average molecular weight is 291 g/mol. The highest BCUT2D eigenvalue weighted by atomic mass is 79.9. The van der Waals surface area contributed by atoms with Gasteiger partial charge in [0.2, 0.25) is 5.91 Å². The summed E-state index contributed by atoms with van der Waals surface area (Å²) < 4.78 is 10.8. The third-order valence-corrected chi connectivity index (χ3v) is 2.49. The molecular formula is C10H15BrN2O3. The van der Waals surface area contributed by atoms with Crippen molar-refractivity contribution in [2.75, 3.05) is 20.8 Å². The summed E-state index contributed by atoms with van der Waals surface area (Å²) in [5, 5.41) is 0. The summed E-state index contributed by atoms with van der Waals surface area (Å²) in [4.78, 5) is 13.2. The normalized spacial score (nSPS) is 12.5. The van der Waals surface area contributed by atoms with E-state index >= 15 is 0 Å². The zero-order chi connectivity index (χ0) is 12.1. The minimum Gasteiger partial charge on any atom is -0.452 e. The summed E-state index contributed by atoms with van der Waals surface area (Å²) in [7, 11) is 3.19. The molecule has 1 atom stereocenters. The third kappa shape index (κ3) is 3.62. The van der Waals surface area contributed by atoms with Gasteiger partial charge in [0.15, 0.2) is 4.67 Å². The second kappa shape index (κ2) is 6.03. The van der Waals surface area contributed by atoms with E-state index in [1.165, 1.54) is 12.0 Å². The molecule has 0 spiro atoms. The van der Waals surface area contributed by atoms with Gasteiger partial charge in [0.1, 0.15) is 11.8 Å². The van der Waals surface area contributed by atoms with Crippen molar-refractivity contribution >= 4 is 21.8 Å². The fourth-order valence-corrected chi connectivity index (χ4v) is 1.62. The lowest BCUT2D eigenvalue weighted by molar-refractivity contribution is -0.133. The van der Waals surface area contributed by atoms with Crippen molar-refractivity contribution in [3.63, 3.8) is 0 Å². The lowest BCUT2D eigenvalue weighted by Gasteiger charge is -2.19. The maximum atomic E-state index is 11.7. The van der Waals surface area contributed by atoms with Gasteiger partial charge in [0.05, 0.1) is 13.2 Å². The molecule has 0 aliphatic heterocycles. The third-order valence-electron chi connectivity index (χ3n) is 2.06. The number of hydrogen-bond acceptors (Lipinski definition) is 4. The highest BCUT2D eigenvalue weighted by molar-refractivity contribution is 9.10. The molecule has 0 saturated heterocycles. The van der Waals surface area contributed by atoms with Gasteiger partial charge in [0, 0.05) is 14.2 Å². The van der Waals surface area contributed by atoms with Crippen LogP contribution in [-0.2, 0) is 16.1 Å². The van der Waals surface area contributed by atoms with Crippen LogP contribution in [0.3, 0.4) is 0 Å². The molecule has 1 heterocycles. The van der Waals surface area contributed by atoms with Gasteiger partial charge in [0.25, 0.3) is 0 Å². The summed E-state index contributed by atoms with van der Waals surface area (Å²) in [5.74, 6) is 0.529. The Hall–Kier alpha value is -0.850. The molecule has 0 fully saturated rings. The predicted molar refractivity (Wildman–Crippen MR) is 62.7 cm³/mol. The molecule has 0 radical (unpaired) electrons. The Morgan fingerprint density at radius 1 is 1.69 bits per heavy atom. The number of likely N-dealkylation sites (N-methyl/N-ethyl adjacent to an activating group) is 1. The fraction of sp³-hybridized carbons (Fsp3) is 0.500. The van der Waals surface area contributed by atoms with Crippen LogP contribution in [0.2, 0.25) is 0 Å². The van der Waals surface area contributed by atoms with E-state index in [-0.39, 0.29) is 12.5 Å². The van der Waals surface area contributed by atoms with Crippen LogP contribution < -0.4 is 5.73 Å². The molecule has 1 aromatic rings. The molecule has 1 aromatic heterocycles. The Balaban J connectivity index is 2.51. The van der Waals surface area contributed by atoms with Crippen LogP contribution in [0.15, 0.2) is 21.2 Å². The van der Waals surface area contributed by atoms with Gasteiger partial charge in [-0.25, -0.2) is 0 Å². The zero-order valence-corrected chi connectivity index (χ0v) is 10.9. The number of carbonyl (C=O) groups is 1. The lowest BCUT2D eigenvalue weighted by Crippen LogP contribution is -2.44. The predicted octanol–water partition coefficient (Wildman–Crippen LogP) is 0.974. The molecule has 0 aromatic carbocycles. The highest BCUT2D eigenvalue weighted by Crippen LogP contribution is 2.15. The maximum absolute atomic E-state index is 11.7. The monoisotopic (exact) mass is 290 g/mol. The Morgan fingerprint density at radius 3 is 2.88 bits per heavy atom. The maximum Gasteiger partial charge on any atom is 0.242 e. The second-order valence-corrected chi connectivity index (χ2v) is 4.24. The van der Waals surface area contributed by atoms with Crippen LogP contribution in [0.4, 0.5) is 0 Å². The molecule has 2 N–H and O–H groups in total. The molecule has 6 heteroatoms. The van der Waals surface area contributed by atoms with Crippen molar-refractivity contribution in [1.29, 1.82) is 0 Å². The quantitative estimate of drug-likeness (QED) is 0.878. The zero-order valence-electron chi connectivity index (χ0n) is 9.27. The number of nitrogens with two attached hydrogens (primary N) is 1. The molecule has 5 nitrogen and oxygen atoms in total. The molecule has 1 amide bonds. The van der Waals surface area contributed by atoms with E-state index in [2.05, 4.69) is 15.9 Å². The van der Waals surface area contributed by atoms with Gasteiger partial charge in [-0.15, -0.1) is 0 Å². The highest BCUT2D eigenvalue weighted by Gasteiger charge is 2.18. The average Bonchev–Trinajstić information content (AvgIpc) is 2.63. The van der Waals surface area contributed by atoms with E-state index in [1.807, 2.05) is 0 Å². The number of methoxy groups -OCH3 is 1. The van der Waals surface area contributed by atoms with Gasteiger partial charge in [-0.05, 0) is 28.1 Å². The summed E-state index contributed by atoms with van der Waals surface area (Å²) in [6.45, 7) is 0.604. The van der Waals surface area contributed by atoms with Crippen LogP contribution in [0.25, 0.3) is 0 Å². The van der Waals surface area contributed by atoms with E-state index in [4.69, 9.17) is 14.9 Å². The molecule has 0 saturated carbocycles. The molecule has 0 bridgehead atoms. The van der Waals surface area contributed by atoms with Gasteiger partial charge < -0.3 is 19.8 Å². The minimum absolute atomic E-state index is 0.172. The summed E-state index contributed by atoms with van der Waals surface area (Å²) in [5.41, 5.74) is 5.63. The number of nitrogens with zero attached hydrogens (tertiary/aromatic N) is 1. The van der Waals surface area contributed by atoms with Gasteiger partial charge in [-0.2, -0.15) is 0 Å². The topological polar surface area (TPSA) is 68.7 Å². The van der Waals surface area contributed by atoms with Crippen molar-refractivity contribution < 1.29 is 13.9 Å². The number of ether oxygens (including phenoxy) is 1. The molecule has 90 valence electrons. The van der Waals surface area contributed by atoms with Crippen LogP contribution in [0, 0.1) is 0 Å². The molecule has 0 aliphatic rings. The number of rotatable bonds is 5. The van der Waals surface area contributed by atoms with E-state index < -0.39 is 6.04 Å². The van der Waals surface area contributed by atoms with E-state index in [0.717, 1.165) is 0 Å². The Kier molecular flexibility index (Phi) is 4.98. The summed E-state index contributed by atoms with van der Waals surface area (Å²) in [6.07, 6.45) is 0. The SMILES string of the molecule is COCC(N)C(=O)N(C)Cc1ccc(Br)o1. The van der Waals surface area contributed by atoms with Crippen LogP contribution in [-0.4, -0.2) is 37.6 Å². The smallest absolute Gasteiger partial charge is 0.242 e. The first-order valence-electron chi connectivity index (χ1n) is 4.78. The standard InChI is InChI=1S/C10H15BrN2O3/c1-13(10(14)8(12)6-15-2)5-7-3-4-9(11)16-7/h3-4,8H,5-6,12H2,1-2H3. The summed E-state index contributed by atoms with van der Waals surface area (Å²) in [6, 6.07) is 2.95. The Labute approximate surface area is 103 Å². The van der Waals surface area contributed by atoms with E-state index in [1.54, 1.807) is 19.2 Å². The molecular weight excluding hydrogens is 276 g/mol. The fourth-order valence-electron chi connectivity index (χ4n) is 1.28. The summed E-state index contributed by atoms with van der Waals surface area (Å²) >= 11 is 3.20. The van der Waals surface area contributed by atoms with Crippen molar-refractivity contribution in [3.05, 3.63) is 22.6 Å². The number of halogens is 1. The molecule has 16 heavy (non-hydrogen) atoms. The Morgan fingerprint density at radius 2 is 2.38 bits per heavy atom. The van der Waals surface area contributed by atoms with Crippen molar-refractivity contribution in [2.45, 2.75) is 12.6 Å². The number of furan rings is 1. The lowest BCUT2D eigenvalue weighted by atomic mass is 10.3. The number of carbonyl (C=O) groups excluding carboxylic acids is 1. The first-order chi connectivity index (χ1) is 7.54.